The Morgan fingerprint density at radius 1 is 1.05 bits per heavy atom. The zero-order valence-electron chi connectivity index (χ0n) is 10.5. The smallest absolute Gasteiger partial charge is 0.0828 e. The predicted molar refractivity (Wildman–Crippen MR) is 81.0 cm³/mol. The Balaban J connectivity index is 2.29. The van der Waals surface area contributed by atoms with Gasteiger partial charge in [-0.1, -0.05) is 41.4 Å². The Morgan fingerprint density at radius 3 is 2.32 bits per heavy atom. The lowest BCUT2D eigenvalue weighted by Crippen LogP contribution is -2.35. The number of hydrogen-bond donors (Lipinski definition) is 2. The van der Waals surface area contributed by atoms with E-state index >= 15 is 0 Å². The van der Waals surface area contributed by atoms with E-state index in [-0.39, 0.29) is 6.61 Å². The van der Waals surface area contributed by atoms with Gasteiger partial charge in [0.2, 0.25) is 0 Å². The maximum Gasteiger partial charge on any atom is 0.0828 e. The van der Waals surface area contributed by atoms with Crippen LogP contribution in [-0.2, 0) is 5.54 Å². The molecule has 0 amide bonds. The zero-order chi connectivity index (χ0) is 13.9. The van der Waals surface area contributed by atoms with Gasteiger partial charge in [-0.25, -0.2) is 0 Å². The maximum absolute atomic E-state index is 9.71. The highest BCUT2D eigenvalue weighted by molar-refractivity contribution is 6.31. The highest BCUT2D eigenvalue weighted by Gasteiger charge is 2.25. The van der Waals surface area contributed by atoms with Crippen molar-refractivity contribution in [2.45, 2.75) is 12.5 Å². The molecule has 4 heteroatoms. The topological polar surface area (TPSA) is 32.3 Å². The first-order valence-corrected chi connectivity index (χ1v) is 6.70. The van der Waals surface area contributed by atoms with Crippen molar-refractivity contribution < 1.29 is 5.11 Å². The summed E-state index contributed by atoms with van der Waals surface area (Å²) in [6, 6.07) is 14.8. The first-order chi connectivity index (χ1) is 9.03. The molecule has 0 saturated carbocycles. The summed E-state index contributed by atoms with van der Waals surface area (Å²) < 4.78 is 0. The van der Waals surface area contributed by atoms with E-state index < -0.39 is 5.54 Å². The Morgan fingerprint density at radius 2 is 1.74 bits per heavy atom. The molecule has 1 atom stereocenters. The van der Waals surface area contributed by atoms with E-state index in [4.69, 9.17) is 23.2 Å². The Hall–Kier alpha value is -1.22. The van der Waals surface area contributed by atoms with Crippen molar-refractivity contribution in [3.8, 4) is 0 Å². The number of nitrogens with one attached hydrogen (secondary N) is 1. The molecule has 0 bridgehead atoms. The van der Waals surface area contributed by atoms with Crippen LogP contribution < -0.4 is 5.32 Å². The molecule has 0 aromatic heterocycles. The van der Waals surface area contributed by atoms with Gasteiger partial charge in [0.15, 0.2) is 0 Å². The summed E-state index contributed by atoms with van der Waals surface area (Å²) in [6.45, 7) is 1.89. The van der Waals surface area contributed by atoms with Crippen LogP contribution >= 0.6 is 23.2 Å². The molecule has 100 valence electrons. The Bertz CT molecular complexity index is 556. The summed E-state index contributed by atoms with van der Waals surface area (Å²) in [7, 11) is 0. The van der Waals surface area contributed by atoms with E-state index in [9.17, 15) is 5.11 Å². The Kier molecular flexibility index (Phi) is 4.35. The van der Waals surface area contributed by atoms with Gasteiger partial charge < -0.3 is 10.4 Å². The van der Waals surface area contributed by atoms with Crippen LogP contribution in [0.1, 0.15) is 12.5 Å². The largest absolute Gasteiger partial charge is 0.394 e. The van der Waals surface area contributed by atoms with Crippen molar-refractivity contribution in [2.24, 2.45) is 0 Å². The van der Waals surface area contributed by atoms with E-state index in [1.165, 1.54) is 0 Å². The van der Waals surface area contributed by atoms with Crippen LogP contribution in [0, 0.1) is 0 Å². The van der Waals surface area contributed by atoms with Gasteiger partial charge in [0.25, 0.3) is 0 Å². The second kappa shape index (κ2) is 5.83. The molecule has 2 N–H and O–H groups in total. The summed E-state index contributed by atoms with van der Waals surface area (Å²) in [5, 5.41) is 14.3. The lowest BCUT2D eigenvalue weighted by molar-refractivity contribution is 0.224. The number of anilines is 1. The minimum atomic E-state index is -0.588. The van der Waals surface area contributed by atoms with Crippen LogP contribution in [0.25, 0.3) is 0 Å². The molecule has 1 unspecified atom stereocenters. The standard InChI is InChI=1S/C15H15Cl2NO/c1-15(10-19,11-5-7-12(16)8-6-11)18-14-4-2-3-13(17)9-14/h2-9,18-19H,10H2,1H3. The van der Waals surface area contributed by atoms with Gasteiger partial charge in [-0.3, -0.25) is 0 Å². The van der Waals surface area contributed by atoms with Gasteiger partial charge in [-0.2, -0.15) is 0 Å². The van der Waals surface area contributed by atoms with E-state index in [1.54, 1.807) is 0 Å². The summed E-state index contributed by atoms with van der Waals surface area (Å²) in [5.41, 5.74) is 1.23. The highest BCUT2D eigenvalue weighted by atomic mass is 35.5. The van der Waals surface area contributed by atoms with E-state index in [0.29, 0.717) is 10.0 Å². The molecular formula is C15H15Cl2NO. The van der Waals surface area contributed by atoms with Crippen molar-refractivity contribution in [1.82, 2.24) is 0 Å². The fourth-order valence-corrected chi connectivity index (χ4v) is 2.22. The van der Waals surface area contributed by atoms with Crippen LogP contribution in [0.5, 0.6) is 0 Å². The predicted octanol–water partition coefficient (Wildman–Crippen LogP) is 4.31. The zero-order valence-corrected chi connectivity index (χ0v) is 12.0. The fraction of sp³-hybridized carbons (Fsp3) is 0.200. The fourth-order valence-electron chi connectivity index (χ4n) is 1.91. The summed E-state index contributed by atoms with van der Waals surface area (Å²) in [6.07, 6.45) is 0. The van der Waals surface area contributed by atoms with Crippen molar-refractivity contribution in [1.29, 1.82) is 0 Å². The number of aliphatic hydroxyl groups excluding tert-OH is 1. The van der Waals surface area contributed by atoms with Crippen LogP contribution in [0.2, 0.25) is 10.0 Å². The number of hydrogen-bond acceptors (Lipinski definition) is 2. The summed E-state index contributed by atoms with van der Waals surface area (Å²) in [5.74, 6) is 0. The van der Waals surface area contributed by atoms with E-state index in [1.807, 2.05) is 55.5 Å². The molecule has 0 aliphatic heterocycles. The van der Waals surface area contributed by atoms with E-state index in [0.717, 1.165) is 11.3 Å². The van der Waals surface area contributed by atoms with E-state index in [2.05, 4.69) is 5.32 Å². The molecule has 0 saturated heterocycles. The lowest BCUT2D eigenvalue weighted by atomic mass is 9.92. The quantitative estimate of drug-likeness (QED) is 0.881. The van der Waals surface area contributed by atoms with Crippen molar-refractivity contribution >= 4 is 28.9 Å². The molecule has 2 aromatic rings. The van der Waals surface area contributed by atoms with Gasteiger partial charge in [-0.05, 0) is 42.8 Å². The van der Waals surface area contributed by atoms with Gasteiger partial charge >= 0.3 is 0 Å². The second-order valence-corrected chi connectivity index (χ2v) is 5.51. The third-order valence-electron chi connectivity index (χ3n) is 3.04. The van der Waals surface area contributed by atoms with Crippen LogP contribution in [0.3, 0.4) is 0 Å². The number of rotatable bonds is 4. The van der Waals surface area contributed by atoms with Gasteiger partial charge in [0.1, 0.15) is 0 Å². The second-order valence-electron chi connectivity index (χ2n) is 4.63. The minimum absolute atomic E-state index is 0.0405. The summed E-state index contributed by atoms with van der Waals surface area (Å²) in [4.78, 5) is 0. The van der Waals surface area contributed by atoms with Gasteiger partial charge in [0, 0.05) is 15.7 Å². The molecule has 2 nitrogen and oxygen atoms in total. The van der Waals surface area contributed by atoms with Crippen LogP contribution in [0.4, 0.5) is 5.69 Å². The molecule has 19 heavy (non-hydrogen) atoms. The van der Waals surface area contributed by atoms with Crippen molar-refractivity contribution in [3.05, 3.63) is 64.1 Å². The maximum atomic E-state index is 9.71. The third kappa shape index (κ3) is 3.41. The molecule has 0 aliphatic carbocycles. The number of aliphatic hydroxyl groups is 1. The SMILES string of the molecule is CC(CO)(Nc1cccc(Cl)c1)c1ccc(Cl)cc1. The number of benzene rings is 2. The first kappa shape index (κ1) is 14.2. The Labute approximate surface area is 123 Å². The van der Waals surface area contributed by atoms with Gasteiger partial charge in [-0.15, -0.1) is 0 Å². The average molecular weight is 296 g/mol. The van der Waals surface area contributed by atoms with Crippen LogP contribution in [0.15, 0.2) is 48.5 Å². The molecule has 0 fully saturated rings. The normalized spacial score (nSPS) is 13.9. The van der Waals surface area contributed by atoms with Gasteiger partial charge in [0.05, 0.1) is 12.1 Å². The van der Waals surface area contributed by atoms with Crippen LogP contribution in [-0.4, -0.2) is 11.7 Å². The molecule has 0 heterocycles. The monoisotopic (exact) mass is 295 g/mol. The molecular weight excluding hydrogens is 281 g/mol. The first-order valence-electron chi connectivity index (χ1n) is 5.94. The molecule has 2 rings (SSSR count). The molecule has 0 aliphatic rings. The molecule has 2 aromatic carbocycles. The van der Waals surface area contributed by atoms with Crippen molar-refractivity contribution in [2.75, 3.05) is 11.9 Å². The molecule has 0 spiro atoms. The number of halogens is 2. The third-order valence-corrected chi connectivity index (χ3v) is 3.53. The average Bonchev–Trinajstić information content (AvgIpc) is 2.39. The summed E-state index contributed by atoms with van der Waals surface area (Å²) >= 11 is 11.8. The lowest BCUT2D eigenvalue weighted by Gasteiger charge is -2.30. The van der Waals surface area contributed by atoms with Crippen molar-refractivity contribution in [3.63, 3.8) is 0 Å². The highest BCUT2D eigenvalue weighted by Crippen LogP contribution is 2.28. The minimum Gasteiger partial charge on any atom is -0.394 e. The molecule has 0 radical (unpaired) electrons.